The van der Waals surface area contributed by atoms with Gasteiger partial charge >= 0.3 is 0 Å². The summed E-state index contributed by atoms with van der Waals surface area (Å²) >= 11 is 0. The molecule has 1 atom stereocenters. The number of aryl methyl sites for hydroxylation is 1. The van der Waals surface area contributed by atoms with Crippen molar-refractivity contribution in [3.8, 4) is 0 Å². The van der Waals surface area contributed by atoms with Crippen molar-refractivity contribution in [3.63, 3.8) is 0 Å². The maximum atomic E-state index is 12.8. The second-order valence-electron chi connectivity index (χ2n) is 7.69. The molecule has 1 N–H and O–H groups in total. The number of imide groups is 1. The van der Waals surface area contributed by atoms with Crippen LogP contribution in [0.5, 0.6) is 0 Å². The van der Waals surface area contributed by atoms with Gasteiger partial charge in [0.1, 0.15) is 6.54 Å². The molecule has 7 nitrogen and oxygen atoms in total. The molecule has 30 heavy (non-hydrogen) atoms. The molecular weight excluding hydrogens is 382 g/mol. The Balaban J connectivity index is 1.47. The van der Waals surface area contributed by atoms with Crippen LogP contribution in [0.3, 0.4) is 0 Å². The molecule has 1 fully saturated rings. The van der Waals surface area contributed by atoms with Gasteiger partial charge in [0.15, 0.2) is 0 Å². The first kappa shape index (κ1) is 20.3. The van der Waals surface area contributed by atoms with Gasteiger partial charge in [-0.25, -0.2) is 0 Å². The third kappa shape index (κ3) is 4.27. The van der Waals surface area contributed by atoms with Gasteiger partial charge in [0, 0.05) is 19.6 Å². The summed E-state index contributed by atoms with van der Waals surface area (Å²) in [6.45, 7) is 5.31. The predicted octanol–water partition coefficient (Wildman–Crippen LogP) is 1.78. The quantitative estimate of drug-likeness (QED) is 0.739. The van der Waals surface area contributed by atoms with Crippen molar-refractivity contribution >= 4 is 17.7 Å². The molecule has 2 heterocycles. The Bertz CT molecular complexity index is 916. The first-order valence-electron chi connectivity index (χ1n) is 10.1. The minimum atomic E-state index is -0.425. The third-order valence-electron chi connectivity index (χ3n) is 5.54. The zero-order chi connectivity index (χ0) is 21.1. The highest BCUT2D eigenvalue weighted by Crippen LogP contribution is 2.22. The van der Waals surface area contributed by atoms with E-state index in [1.165, 1.54) is 0 Å². The van der Waals surface area contributed by atoms with Crippen LogP contribution >= 0.6 is 0 Å². The molecule has 0 aromatic heterocycles. The van der Waals surface area contributed by atoms with Gasteiger partial charge < -0.3 is 10.1 Å². The van der Waals surface area contributed by atoms with E-state index < -0.39 is 11.8 Å². The molecule has 1 saturated heterocycles. The molecule has 2 aromatic rings. The van der Waals surface area contributed by atoms with Crippen molar-refractivity contribution < 1.29 is 19.1 Å². The lowest BCUT2D eigenvalue weighted by Gasteiger charge is -2.31. The van der Waals surface area contributed by atoms with Crippen LogP contribution in [-0.4, -0.2) is 66.9 Å². The number of benzene rings is 2. The molecule has 2 aliphatic rings. The van der Waals surface area contributed by atoms with E-state index >= 15 is 0 Å². The SMILES string of the molecule is Cc1ccc([C@H](CN2CCOCC2)NC(=O)CN2C(=O)c3ccccc3C2=O)cc1. The van der Waals surface area contributed by atoms with Gasteiger partial charge in [-0.15, -0.1) is 0 Å². The molecule has 3 amide bonds. The van der Waals surface area contributed by atoms with E-state index in [-0.39, 0.29) is 18.5 Å². The van der Waals surface area contributed by atoms with Crippen molar-refractivity contribution in [2.45, 2.75) is 13.0 Å². The van der Waals surface area contributed by atoms with Crippen molar-refractivity contribution in [2.24, 2.45) is 0 Å². The molecule has 4 rings (SSSR count). The van der Waals surface area contributed by atoms with Gasteiger partial charge in [-0.1, -0.05) is 42.0 Å². The first-order valence-corrected chi connectivity index (χ1v) is 10.1. The van der Waals surface area contributed by atoms with Crippen LogP contribution in [0.4, 0.5) is 0 Å². The van der Waals surface area contributed by atoms with Crippen molar-refractivity contribution in [2.75, 3.05) is 39.4 Å². The fourth-order valence-corrected chi connectivity index (χ4v) is 3.84. The fraction of sp³-hybridized carbons (Fsp3) is 0.348. The Morgan fingerprint density at radius 1 is 1.00 bits per heavy atom. The molecule has 0 bridgehead atoms. The maximum Gasteiger partial charge on any atom is 0.262 e. The molecule has 2 aliphatic heterocycles. The third-order valence-corrected chi connectivity index (χ3v) is 5.54. The first-order chi connectivity index (χ1) is 14.5. The molecule has 7 heteroatoms. The van der Waals surface area contributed by atoms with E-state index in [1.54, 1.807) is 24.3 Å². The van der Waals surface area contributed by atoms with E-state index in [1.807, 2.05) is 31.2 Å². The second-order valence-corrected chi connectivity index (χ2v) is 7.69. The van der Waals surface area contributed by atoms with Crippen LogP contribution in [0.1, 0.15) is 37.9 Å². The Hall–Kier alpha value is -3.03. The summed E-state index contributed by atoms with van der Waals surface area (Å²) in [5, 5.41) is 3.03. The number of nitrogens with one attached hydrogen (secondary N) is 1. The fourth-order valence-electron chi connectivity index (χ4n) is 3.84. The number of rotatable bonds is 6. The largest absolute Gasteiger partial charge is 0.379 e. The lowest BCUT2D eigenvalue weighted by molar-refractivity contribution is -0.122. The summed E-state index contributed by atoms with van der Waals surface area (Å²) in [6.07, 6.45) is 0. The normalized spacial score (nSPS) is 17.7. The van der Waals surface area contributed by atoms with E-state index in [4.69, 9.17) is 4.74 Å². The number of carbonyl (C=O) groups is 3. The average molecular weight is 407 g/mol. The number of amides is 3. The van der Waals surface area contributed by atoms with Gasteiger partial charge in [-0.2, -0.15) is 0 Å². The number of ether oxygens (including phenoxy) is 1. The monoisotopic (exact) mass is 407 g/mol. The van der Waals surface area contributed by atoms with Gasteiger partial charge in [0.25, 0.3) is 11.8 Å². The summed E-state index contributed by atoms with van der Waals surface area (Å²) in [5.41, 5.74) is 2.82. The van der Waals surface area contributed by atoms with E-state index in [0.29, 0.717) is 30.9 Å². The standard InChI is InChI=1S/C23H25N3O4/c1-16-6-8-17(9-7-16)20(14-25-10-12-30-13-11-25)24-21(27)15-26-22(28)18-4-2-3-5-19(18)23(26)29/h2-9,20H,10-15H2,1H3,(H,24,27)/t20-/m0/s1. The Kier molecular flexibility index (Phi) is 5.92. The van der Waals surface area contributed by atoms with Crippen LogP contribution in [0.2, 0.25) is 0 Å². The number of carbonyl (C=O) groups excluding carboxylic acids is 3. The van der Waals surface area contributed by atoms with Gasteiger partial charge in [0.2, 0.25) is 5.91 Å². The van der Waals surface area contributed by atoms with E-state index in [9.17, 15) is 14.4 Å². The lowest BCUT2D eigenvalue weighted by Crippen LogP contribution is -2.46. The van der Waals surface area contributed by atoms with E-state index in [0.717, 1.165) is 29.1 Å². The van der Waals surface area contributed by atoms with Gasteiger partial charge in [-0.3, -0.25) is 24.2 Å². The molecule has 0 saturated carbocycles. The maximum absolute atomic E-state index is 12.8. The molecular formula is C23H25N3O4. The number of hydrogen-bond donors (Lipinski definition) is 1. The van der Waals surface area contributed by atoms with Crippen LogP contribution < -0.4 is 5.32 Å². The summed E-state index contributed by atoms with van der Waals surface area (Å²) < 4.78 is 5.42. The number of nitrogens with zero attached hydrogens (tertiary/aromatic N) is 2. The summed E-state index contributed by atoms with van der Waals surface area (Å²) in [4.78, 5) is 41.2. The van der Waals surface area contributed by atoms with E-state index in [2.05, 4.69) is 10.2 Å². The van der Waals surface area contributed by atoms with Crippen LogP contribution in [0, 0.1) is 6.92 Å². The van der Waals surface area contributed by atoms with Gasteiger partial charge in [0.05, 0.1) is 30.4 Å². The Morgan fingerprint density at radius 2 is 1.60 bits per heavy atom. The second kappa shape index (κ2) is 8.77. The highest BCUT2D eigenvalue weighted by Gasteiger charge is 2.36. The highest BCUT2D eigenvalue weighted by atomic mass is 16.5. The van der Waals surface area contributed by atoms with Crippen LogP contribution in [0.25, 0.3) is 0 Å². The molecule has 0 radical (unpaired) electrons. The summed E-state index contributed by atoms with van der Waals surface area (Å²) in [7, 11) is 0. The van der Waals surface area contributed by atoms with Crippen molar-refractivity contribution in [3.05, 3.63) is 70.8 Å². The highest BCUT2D eigenvalue weighted by molar-refractivity contribution is 6.22. The Morgan fingerprint density at radius 3 is 2.20 bits per heavy atom. The smallest absolute Gasteiger partial charge is 0.262 e. The number of fused-ring (bicyclic) bond motifs is 1. The zero-order valence-corrected chi connectivity index (χ0v) is 17.0. The zero-order valence-electron chi connectivity index (χ0n) is 17.0. The molecule has 156 valence electrons. The van der Waals surface area contributed by atoms with Crippen molar-refractivity contribution in [1.29, 1.82) is 0 Å². The molecule has 0 unspecified atom stereocenters. The minimum Gasteiger partial charge on any atom is -0.379 e. The topological polar surface area (TPSA) is 79.0 Å². The summed E-state index contributed by atoms with van der Waals surface area (Å²) in [6, 6.07) is 14.4. The molecule has 2 aromatic carbocycles. The average Bonchev–Trinajstić information content (AvgIpc) is 3.00. The van der Waals surface area contributed by atoms with Crippen LogP contribution in [-0.2, 0) is 9.53 Å². The summed E-state index contributed by atoms with van der Waals surface area (Å²) in [5.74, 6) is -1.21. The lowest BCUT2D eigenvalue weighted by atomic mass is 10.0. The Labute approximate surface area is 175 Å². The predicted molar refractivity (Wildman–Crippen MR) is 111 cm³/mol. The molecule has 0 aliphatic carbocycles. The van der Waals surface area contributed by atoms with Crippen LogP contribution in [0.15, 0.2) is 48.5 Å². The number of morpholine rings is 1. The van der Waals surface area contributed by atoms with Crippen molar-refractivity contribution in [1.82, 2.24) is 15.1 Å². The minimum absolute atomic E-state index is 0.244. The van der Waals surface area contributed by atoms with Gasteiger partial charge in [-0.05, 0) is 24.6 Å². The molecule has 0 spiro atoms. The number of hydrogen-bond acceptors (Lipinski definition) is 5.